The van der Waals surface area contributed by atoms with E-state index in [1.165, 1.54) is 11.8 Å². The summed E-state index contributed by atoms with van der Waals surface area (Å²) in [5, 5.41) is 0. The third-order valence-electron chi connectivity index (χ3n) is 3.04. The van der Waals surface area contributed by atoms with E-state index in [1.54, 1.807) is 6.07 Å². The largest absolute Gasteiger partial charge is 0.224 e. The summed E-state index contributed by atoms with van der Waals surface area (Å²) >= 11 is 0. The van der Waals surface area contributed by atoms with E-state index < -0.39 is 9.84 Å². The van der Waals surface area contributed by atoms with Gasteiger partial charge >= 0.3 is 0 Å². The van der Waals surface area contributed by atoms with Gasteiger partial charge in [-0.2, -0.15) is 0 Å². The van der Waals surface area contributed by atoms with Gasteiger partial charge in [0.1, 0.15) is 0 Å². The van der Waals surface area contributed by atoms with Crippen LogP contribution in [0.1, 0.15) is 52.7 Å². The summed E-state index contributed by atoms with van der Waals surface area (Å²) in [6.45, 7) is 12.8. The Hall–Kier alpha value is -0.830. The predicted octanol–water partition coefficient (Wildman–Crippen LogP) is 3.69. The lowest BCUT2D eigenvalue weighted by Crippen LogP contribution is -2.22. The molecule has 1 aromatic rings. The van der Waals surface area contributed by atoms with E-state index >= 15 is 0 Å². The molecule has 3 heteroatoms. The predicted molar refractivity (Wildman–Crippen MR) is 77.0 cm³/mol. The zero-order chi connectivity index (χ0) is 14.4. The number of sulfone groups is 1. The van der Waals surface area contributed by atoms with Gasteiger partial charge in [-0.1, -0.05) is 47.6 Å². The van der Waals surface area contributed by atoms with E-state index in [-0.39, 0.29) is 10.8 Å². The Labute approximate surface area is 111 Å². The van der Waals surface area contributed by atoms with Gasteiger partial charge in [0.25, 0.3) is 0 Å². The first-order valence-electron chi connectivity index (χ1n) is 6.18. The monoisotopic (exact) mass is 268 g/mol. The molecule has 0 unspecified atom stereocenters. The summed E-state index contributed by atoms with van der Waals surface area (Å²) < 4.78 is 23.3. The van der Waals surface area contributed by atoms with Crippen LogP contribution in [0.15, 0.2) is 23.1 Å². The Kier molecular flexibility index (Phi) is 3.70. The highest BCUT2D eigenvalue weighted by Crippen LogP contribution is 2.35. The molecule has 0 aliphatic heterocycles. The highest BCUT2D eigenvalue weighted by molar-refractivity contribution is 7.90. The van der Waals surface area contributed by atoms with Crippen LogP contribution in [0.2, 0.25) is 0 Å². The van der Waals surface area contributed by atoms with E-state index in [0.717, 1.165) is 5.56 Å². The van der Waals surface area contributed by atoms with E-state index in [0.29, 0.717) is 4.90 Å². The fourth-order valence-corrected chi connectivity index (χ4v) is 2.68. The van der Waals surface area contributed by atoms with Crippen molar-refractivity contribution in [3.63, 3.8) is 0 Å². The molecule has 18 heavy (non-hydrogen) atoms. The van der Waals surface area contributed by atoms with Gasteiger partial charge < -0.3 is 0 Å². The third kappa shape index (κ3) is 3.35. The van der Waals surface area contributed by atoms with Gasteiger partial charge in [-0.15, -0.1) is 0 Å². The average molecular weight is 268 g/mol. The van der Waals surface area contributed by atoms with Crippen LogP contribution in [-0.4, -0.2) is 14.7 Å². The van der Waals surface area contributed by atoms with Gasteiger partial charge in [0, 0.05) is 6.26 Å². The molecule has 2 nitrogen and oxygen atoms in total. The molecular formula is C15H24O2S. The molecule has 0 saturated carbocycles. The third-order valence-corrected chi connectivity index (χ3v) is 4.15. The average Bonchev–Trinajstić information content (AvgIpc) is 2.12. The molecule has 1 rings (SSSR count). The minimum atomic E-state index is -3.15. The Morgan fingerprint density at radius 1 is 0.833 bits per heavy atom. The van der Waals surface area contributed by atoms with Crippen LogP contribution in [0.5, 0.6) is 0 Å². The maximum atomic E-state index is 11.7. The van der Waals surface area contributed by atoms with Crippen molar-refractivity contribution in [3.05, 3.63) is 29.3 Å². The van der Waals surface area contributed by atoms with Gasteiger partial charge in [0.15, 0.2) is 9.84 Å². The number of rotatable bonds is 1. The van der Waals surface area contributed by atoms with Crippen molar-refractivity contribution >= 4 is 9.84 Å². The minimum absolute atomic E-state index is 0.0125. The number of benzene rings is 1. The summed E-state index contributed by atoms with van der Waals surface area (Å²) in [6, 6.07) is 5.50. The van der Waals surface area contributed by atoms with Crippen molar-refractivity contribution in [2.75, 3.05) is 6.26 Å². The topological polar surface area (TPSA) is 34.1 Å². The molecule has 1 aromatic carbocycles. The summed E-state index contributed by atoms with van der Waals surface area (Å²) in [7, 11) is -3.15. The molecule has 0 fully saturated rings. The first-order valence-corrected chi connectivity index (χ1v) is 8.08. The minimum Gasteiger partial charge on any atom is -0.224 e. The molecule has 0 aliphatic carbocycles. The van der Waals surface area contributed by atoms with Crippen LogP contribution in [0.25, 0.3) is 0 Å². The molecule has 0 spiro atoms. The first-order chi connectivity index (χ1) is 7.83. The molecule has 0 aliphatic rings. The van der Waals surface area contributed by atoms with Crippen molar-refractivity contribution < 1.29 is 8.42 Å². The van der Waals surface area contributed by atoms with E-state index in [4.69, 9.17) is 0 Å². The Balaban J connectivity index is 3.60. The Morgan fingerprint density at radius 3 is 1.61 bits per heavy atom. The normalized spacial score (nSPS) is 13.7. The van der Waals surface area contributed by atoms with Gasteiger partial charge in [-0.05, 0) is 34.1 Å². The van der Waals surface area contributed by atoms with Gasteiger partial charge in [-0.3, -0.25) is 0 Å². The van der Waals surface area contributed by atoms with Crippen LogP contribution in [0.4, 0.5) is 0 Å². The molecular weight excluding hydrogens is 244 g/mol. The standard InChI is InChI=1S/C15H24O2S/c1-14(2,3)12-9-8-11(18(7,16)17)10-13(12)15(4,5)6/h8-10H,1-7H3. The molecule has 0 N–H and O–H groups in total. The SMILES string of the molecule is CC(C)(C)c1ccc(S(C)(=O)=O)cc1C(C)(C)C. The Morgan fingerprint density at radius 2 is 1.28 bits per heavy atom. The van der Waals surface area contributed by atoms with E-state index in [2.05, 4.69) is 41.5 Å². The van der Waals surface area contributed by atoms with Crippen LogP contribution in [-0.2, 0) is 20.7 Å². The lowest BCUT2D eigenvalue weighted by Gasteiger charge is -2.30. The van der Waals surface area contributed by atoms with Crippen molar-refractivity contribution in [3.8, 4) is 0 Å². The highest BCUT2D eigenvalue weighted by Gasteiger charge is 2.26. The van der Waals surface area contributed by atoms with Crippen LogP contribution >= 0.6 is 0 Å². The van der Waals surface area contributed by atoms with E-state index in [9.17, 15) is 8.42 Å². The quantitative estimate of drug-likeness (QED) is 0.778. The lowest BCUT2D eigenvalue weighted by molar-refractivity contribution is 0.528. The zero-order valence-electron chi connectivity index (χ0n) is 12.5. The summed E-state index contributed by atoms with van der Waals surface area (Å²) in [4.78, 5) is 0.403. The highest BCUT2D eigenvalue weighted by atomic mass is 32.2. The lowest BCUT2D eigenvalue weighted by atomic mass is 9.75. The molecule has 0 bridgehead atoms. The molecule has 0 atom stereocenters. The summed E-state index contributed by atoms with van der Waals surface area (Å²) in [5.74, 6) is 0. The Bertz CT molecular complexity index is 541. The summed E-state index contributed by atoms with van der Waals surface area (Å²) in [5.41, 5.74) is 2.27. The molecule has 0 radical (unpaired) electrons. The summed E-state index contributed by atoms with van der Waals surface area (Å²) in [6.07, 6.45) is 1.26. The van der Waals surface area contributed by atoms with Crippen molar-refractivity contribution in [1.82, 2.24) is 0 Å². The van der Waals surface area contributed by atoms with Gasteiger partial charge in [0.2, 0.25) is 0 Å². The van der Waals surface area contributed by atoms with Crippen LogP contribution in [0.3, 0.4) is 0 Å². The molecule has 0 heterocycles. The zero-order valence-corrected chi connectivity index (χ0v) is 13.3. The number of hydrogen-bond acceptors (Lipinski definition) is 2. The van der Waals surface area contributed by atoms with Crippen LogP contribution < -0.4 is 0 Å². The molecule has 0 amide bonds. The van der Waals surface area contributed by atoms with Crippen molar-refractivity contribution in [1.29, 1.82) is 0 Å². The fourth-order valence-electron chi connectivity index (χ4n) is 2.03. The first kappa shape index (κ1) is 15.2. The smallest absolute Gasteiger partial charge is 0.175 e. The molecule has 0 saturated heterocycles. The maximum absolute atomic E-state index is 11.7. The second kappa shape index (κ2) is 4.37. The molecule has 0 aromatic heterocycles. The second-order valence-electron chi connectivity index (χ2n) is 6.98. The van der Waals surface area contributed by atoms with Crippen molar-refractivity contribution in [2.24, 2.45) is 0 Å². The fraction of sp³-hybridized carbons (Fsp3) is 0.600. The van der Waals surface area contributed by atoms with E-state index in [1.807, 2.05) is 12.1 Å². The maximum Gasteiger partial charge on any atom is 0.175 e. The number of hydrogen-bond donors (Lipinski definition) is 0. The van der Waals surface area contributed by atoms with Gasteiger partial charge in [-0.25, -0.2) is 8.42 Å². The second-order valence-corrected chi connectivity index (χ2v) is 9.00. The van der Waals surface area contributed by atoms with Gasteiger partial charge in [0.05, 0.1) is 4.90 Å². The van der Waals surface area contributed by atoms with Crippen molar-refractivity contribution in [2.45, 2.75) is 57.3 Å². The molecule has 102 valence electrons. The van der Waals surface area contributed by atoms with Crippen LogP contribution in [0, 0.1) is 0 Å².